The fraction of sp³-hybridized carbons (Fsp3) is 0.385. The molecule has 4 aliphatic rings. The molecule has 2 atom stereocenters. The number of fused-ring (bicyclic) bond motifs is 10. The van der Waals surface area contributed by atoms with E-state index in [0.717, 1.165) is 178 Å². The van der Waals surface area contributed by atoms with E-state index in [1.165, 1.54) is 203 Å². The summed E-state index contributed by atoms with van der Waals surface area (Å²) < 4.78 is 15.1. The normalized spacial score (nSPS) is 15.2. The van der Waals surface area contributed by atoms with Gasteiger partial charge in [-0.3, -0.25) is 9.59 Å². The van der Waals surface area contributed by atoms with E-state index in [-0.39, 0.29) is 23.0 Å². The summed E-state index contributed by atoms with van der Waals surface area (Å²) in [5.41, 5.74) is 18.9. The molecule has 0 fully saturated rings. The predicted octanol–water partition coefficient (Wildman–Crippen LogP) is 38.0. The van der Waals surface area contributed by atoms with Crippen molar-refractivity contribution in [2.75, 3.05) is 13.2 Å². The molecule has 0 radical (unpaired) electrons. The van der Waals surface area contributed by atoms with Gasteiger partial charge in [0.1, 0.15) is 11.5 Å². The van der Waals surface area contributed by atoms with Crippen LogP contribution >= 0.6 is 45.3 Å². The number of rotatable bonds is 50. The minimum atomic E-state index is -0.899. The van der Waals surface area contributed by atoms with Gasteiger partial charge in [-0.15, -0.1) is 45.3 Å². The molecule has 9 aromatic carbocycles. The van der Waals surface area contributed by atoms with Crippen LogP contribution in [0.3, 0.4) is 0 Å². The minimum absolute atomic E-state index is 0.111. The van der Waals surface area contributed by atoms with Crippen LogP contribution in [0.15, 0.2) is 229 Å². The lowest BCUT2D eigenvalue weighted by Crippen LogP contribution is -2.30. The van der Waals surface area contributed by atoms with Crippen LogP contribution in [0.2, 0.25) is 0 Å². The molecule has 4 aromatic heterocycles. The van der Waals surface area contributed by atoms with Crippen molar-refractivity contribution in [3.05, 3.63) is 350 Å². The topological polar surface area (TPSA) is 109 Å². The maximum Gasteiger partial charge on any atom is 0.270 e. The third kappa shape index (κ3) is 21.3. The zero-order valence-corrected chi connectivity index (χ0v) is 88.1. The molecule has 2 unspecified atom stereocenters. The van der Waals surface area contributed by atoms with Crippen LogP contribution in [0.25, 0.3) is 94.9 Å². The number of aryl methyl sites for hydroxylation is 4. The van der Waals surface area contributed by atoms with Gasteiger partial charge in [-0.1, -0.05) is 355 Å². The van der Waals surface area contributed by atoms with Crippen LogP contribution in [-0.4, -0.2) is 24.8 Å². The molecule has 0 saturated heterocycles. The first-order valence-electron chi connectivity index (χ1n) is 53.8. The van der Waals surface area contributed by atoms with Gasteiger partial charge in [0.05, 0.1) is 59.1 Å². The molecule has 4 aliphatic carbocycles. The van der Waals surface area contributed by atoms with E-state index in [2.05, 4.69) is 211 Å². The number of unbranched alkanes of at least 4 members (excludes halogenated alkanes) is 20. The van der Waals surface area contributed by atoms with Gasteiger partial charge in [-0.05, 0) is 272 Å². The maximum atomic E-state index is 15.5. The number of carbonyl (C=O) groups is 2. The second-order valence-corrected chi connectivity index (χ2v) is 44.6. The van der Waals surface area contributed by atoms with E-state index in [4.69, 9.17) is 22.6 Å². The molecule has 0 spiro atoms. The van der Waals surface area contributed by atoms with Gasteiger partial charge in [-0.25, -0.2) is 20.2 Å². The van der Waals surface area contributed by atoms with Crippen molar-refractivity contribution >= 4 is 102 Å². The number of benzene rings is 9. The molecule has 0 N–H and O–H groups in total. The smallest absolute Gasteiger partial charge is 0.270 e. The van der Waals surface area contributed by atoms with E-state index in [9.17, 15) is 10.5 Å². The summed E-state index contributed by atoms with van der Waals surface area (Å²) in [6, 6.07) is 82.2. The van der Waals surface area contributed by atoms with E-state index < -0.39 is 10.8 Å². The summed E-state index contributed by atoms with van der Waals surface area (Å²) in [4.78, 5) is 46.7. The maximum absolute atomic E-state index is 15.5. The molecule has 0 saturated carbocycles. The van der Waals surface area contributed by atoms with Crippen molar-refractivity contribution in [2.45, 2.75) is 297 Å². The molecule has 17 rings (SSSR count). The van der Waals surface area contributed by atoms with Gasteiger partial charge in [0.25, 0.3) is 11.4 Å². The van der Waals surface area contributed by atoms with Gasteiger partial charge in [0, 0.05) is 62.7 Å². The monoisotopic (exact) mass is 1950 g/mol. The number of nitrogens with zero attached hydrogens (tertiary/aromatic N) is 4. The standard InChI is InChI=1S/C130H138N4O4S4/c1-11-19-27-33-45-87-55-63-97(64-56-87)129(98-65-57-88(58-66-98)46-34-28-20-12-2)111-79-108-112(80-107(111)125-113(129)81-119(141-125)127-117(137-85-91(43-25-17-7)49-37-31-23-15-5)77-101(139-127)75-109-121(115(83-131)133-9)103-71-93-51-39-41-53-95(93)73-105(103)123(109)135)130(99-67-59-89(60-68-99)47-35-29-21-13-3,100-69-61-90(62-70-100)48-36-30-22-14-4)114-82-120(142-126(108)114)128-118(138-86-92(44-26-18-8)50-38-32-24-16-6)78-102(140-128)76-110-122(116(84-132)134-10)104-72-94-52-40-42-54-96(94)74-106(104)124(110)136/h39-42,51-82,91-92H,11-38,43-50,85-86H2,1-8H3/b109-75-,110-76-,121-115-,122-116+. The highest BCUT2D eigenvalue weighted by atomic mass is 32.1. The number of ketones is 2. The Balaban J connectivity index is 0.937. The van der Waals surface area contributed by atoms with Crippen LogP contribution in [0.4, 0.5) is 0 Å². The van der Waals surface area contributed by atoms with Crippen LogP contribution in [-0.2, 0) is 36.5 Å². The highest BCUT2D eigenvalue weighted by Gasteiger charge is 2.54. The third-order valence-electron chi connectivity index (χ3n) is 30.6. The first-order valence-corrected chi connectivity index (χ1v) is 57.0. The zero-order chi connectivity index (χ0) is 98.6. The van der Waals surface area contributed by atoms with Gasteiger partial charge >= 0.3 is 0 Å². The Hall–Kier alpha value is -11.8. The summed E-state index contributed by atoms with van der Waals surface area (Å²) in [5, 5.41) is 25.5. The van der Waals surface area contributed by atoms with E-state index in [0.29, 0.717) is 69.6 Å². The lowest BCUT2D eigenvalue weighted by Gasteiger charge is -2.35. The van der Waals surface area contributed by atoms with Crippen molar-refractivity contribution in [2.24, 2.45) is 11.8 Å². The summed E-state index contributed by atoms with van der Waals surface area (Å²) in [6.45, 7) is 36.4. The van der Waals surface area contributed by atoms with Crippen molar-refractivity contribution in [3.63, 3.8) is 0 Å². The van der Waals surface area contributed by atoms with Crippen LogP contribution in [0, 0.1) is 47.6 Å². The van der Waals surface area contributed by atoms with Crippen molar-refractivity contribution in [1.82, 2.24) is 0 Å². The lowest BCUT2D eigenvalue weighted by atomic mass is 9.65. The number of Topliss-reactive ketones (excluding diaryl/α,β-unsaturated/α-hetero) is 2. The molecule has 8 nitrogen and oxygen atoms in total. The van der Waals surface area contributed by atoms with Gasteiger partial charge in [-0.2, -0.15) is 0 Å². The van der Waals surface area contributed by atoms with Crippen LogP contribution < -0.4 is 9.47 Å². The predicted molar refractivity (Wildman–Crippen MR) is 600 cm³/mol. The highest BCUT2D eigenvalue weighted by Crippen LogP contribution is 2.68. The van der Waals surface area contributed by atoms with Gasteiger partial charge in [0.2, 0.25) is 0 Å². The molecular formula is C130H138N4O4S4. The Kier molecular flexibility index (Phi) is 34.4. The van der Waals surface area contributed by atoms with Gasteiger partial charge in [0.15, 0.2) is 11.6 Å². The molecule has 13 aromatic rings. The molecule has 12 heteroatoms. The Morgan fingerprint density at radius 1 is 0.331 bits per heavy atom. The number of hydrogen-bond donors (Lipinski definition) is 0. The fourth-order valence-corrected chi connectivity index (χ4v) is 27.6. The van der Waals surface area contributed by atoms with Gasteiger partial charge < -0.3 is 9.47 Å². The quantitative estimate of drug-likeness (QED) is 0.0163. The van der Waals surface area contributed by atoms with E-state index in [1.54, 1.807) is 22.7 Å². The summed E-state index contributed by atoms with van der Waals surface area (Å²) in [7, 11) is 0. The summed E-state index contributed by atoms with van der Waals surface area (Å²) >= 11 is 6.97. The first-order chi connectivity index (χ1) is 69.7. The fourth-order valence-electron chi connectivity index (χ4n) is 22.8. The largest absolute Gasteiger partial charge is 0.492 e. The first kappa shape index (κ1) is 102. The average Bonchev–Trinajstić information content (AvgIpc) is 1.50. The number of carbonyl (C=O) groups excluding carboxylic acids is 2. The average molecular weight is 1950 g/mol. The number of thiophene rings is 4. The molecule has 142 heavy (non-hydrogen) atoms. The van der Waals surface area contributed by atoms with Crippen molar-refractivity contribution in [3.8, 4) is 64.0 Å². The number of allylic oxidation sites excluding steroid dienone is 6. The third-order valence-corrected chi connectivity index (χ3v) is 35.4. The zero-order valence-electron chi connectivity index (χ0n) is 84.9. The molecule has 0 amide bonds. The van der Waals surface area contributed by atoms with Crippen LogP contribution in [0.1, 0.15) is 369 Å². The number of hydrogen-bond acceptors (Lipinski definition) is 10. The van der Waals surface area contributed by atoms with Crippen molar-refractivity contribution in [1.29, 1.82) is 10.5 Å². The Morgan fingerprint density at radius 3 is 0.923 bits per heavy atom. The van der Waals surface area contributed by atoms with E-state index >= 15 is 9.59 Å². The number of nitriles is 2. The van der Waals surface area contributed by atoms with Crippen molar-refractivity contribution < 1.29 is 19.1 Å². The lowest BCUT2D eigenvalue weighted by molar-refractivity contribution is 0.103. The minimum Gasteiger partial charge on any atom is -0.492 e. The molecule has 0 bridgehead atoms. The highest BCUT2D eigenvalue weighted by molar-refractivity contribution is 7.25. The molecule has 726 valence electrons. The second-order valence-electron chi connectivity index (χ2n) is 40.4. The van der Waals surface area contributed by atoms with E-state index in [1.807, 2.05) is 108 Å². The Morgan fingerprint density at radius 2 is 0.627 bits per heavy atom. The summed E-state index contributed by atoms with van der Waals surface area (Å²) in [6.07, 6.45) is 44.6. The Bertz CT molecular complexity index is 6440. The summed E-state index contributed by atoms with van der Waals surface area (Å²) in [5.74, 6) is 1.77. The molecule has 0 aliphatic heterocycles. The van der Waals surface area contributed by atoms with Crippen LogP contribution in [0.5, 0.6) is 11.5 Å². The second kappa shape index (κ2) is 48.0. The number of ether oxygens (including phenoxy) is 2. The SMILES string of the molecule is [C-]#[N+]/C(C#N)=C1\C(=C\c2cc(OCC(CCCC)CCCCCC)c(-c3cc4c(s3)-c3cc5c(cc3C4(c3ccc(CCCCCC)cc3)c3ccc(CCCCCC)cc3)-c3sc(-c4sc(/C=C6\C(=O)c7cc8ccccc8cc7\C6=C(\C#N)[N+]#[C-])cc4OCC(CCCC)CCCCCC)cc3C5(c3ccc(CCCCCC)cc3)c3ccc(CCCCCC)cc3)s2)C(=O)c2cc3ccccc3cc21. The Labute approximate surface area is 861 Å². The molecular weight excluding hydrogens is 1810 g/mol. The molecule has 4 heterocycles.